The van der Waals surface area contributed by atoms with E-state index in [9.17, 15) is 8.78 Å². The maximum atomic E-state index is 13.8. The van der Waals surface area contributed by atoms with Crippen LogP contribution in [-0.4, -0.2) is 22.5 Å². The highest BCUT2D eigenvalue weighted by atomic mass is 28.3. The third kappa shape index (κ3) is 4.96. The molecule has 23 heavy (non-hydrogen) atoms. The molecule has 0 atom stereocenters. The minimum atomic E-state index is -1.52. The number of benzene rings is 2. The molecule has 0 amide bonds. The Hall–Kier alpha value is -1.56. The Kier molecular flexibility index (Phi) is 6.89. The number of hydrogen-bond acceptors (Lipinski definition) is 2. The molecule has 0 fully saturated rings. The van der Waals surface area contributed by atoms with Crippen LogP contribution in [0.1, 0.15) is 26.7 Å². The summed E-state index contributed by atoms with van der Waals surface area (Å²) in [5.74, 6) is -1.14. The van der Waals surface area contributed by atoms with Gasteiger partial charge in [-0.1, -0.05) is 38.1 Å². The molecule has 0 saturated heterocycles. The first-order valence-electron chi connectivity index (χ1n) is 7.84. The Morgan fingerprint density at radius 3 is 2.00 bits per heavy atom. The molecule has 0 aliphatic carbocycles. The maximum absolute atomic E-state index is 13.8. The molecule has 0 aromatic heterocycles. The molecule has 1 radical (unpaired) electrons. The van der Waals surface area contributed by atoms with Gasteiger partial charge in [-0.15, -0.1) is 0 Å². The summed E-state index contributed by atoms with van der Waals surface area (Å²) in [6.07, 6.45) is 1.87. The number of rotatable bonds is 8. The lowest BCUT2D eigenvalue weighted by atomic mass is 10.1. The molecule has 2 nitrogen and oxygen atoms in total. The lowest BCUT2D eigenvalue weighted by molar-refractivity contribution is 0.207. The van der Waals surface area contributed by atoms with Crippen molar-refractivity contribution < 1.29 is 17.6 Å². The summed E-state index contributed by atoms with van der Waals surface area (Å²) < 4.78 is 38.5. The van der Waals surface area contributed by atoms with Crippen molar-refractivity contribution in [3.05, 3.63) is 54.1 Å². The summed E-state index contributed by atoms with van der Waals surface area (Å²) in [5.41, 5.74) is 1.09. The standard InChI is InChI=1S/C18H21F2O2Si/c1-3-11-21-23(22-12-4-2)16-8-5-14(6-9-16)17-10-7-15(19)13-18(17)20/h5-10,13H,3-4,11-12H2,1-2H3. The zero-order valence-corrected chi connectivity index (χ0v) is 14.4. The van der Waals surface area contributed by atoms with Gasteiger partial charge in [-0.3, -0.25) is 0 Å². The SMILES string of the molecule is CCCO[Si](OCCC)c1ccc(-c2ccc(F)cc2F)cc1. The van der Waals surface area contributed by atoms with Crippen LogP contribution in [0.15, 0.2) is 42.5 Å². The summed E-state index contributed by atoms with van der Waals surface area (Å²) in [5, 5.41) is 0.989. The molecule has 0 unspecified atom stereocenters. The largest absolute Gasteiger partial charge is 0.423 e. The van der Waals surface area contributed by atoms with Crippen LogP contribution in [0, 0.1) is 11.6 Å². The molecule has 0 N–H and O–H groups in total. The predicted octanol–water partition coefficient (Wildman–Crippen LogP) is 4.18. The summed E-state index contributed by atoms with van der Waals surface area (Å²) in [7, 11) is -1.52. The van der Waals surface area contributed by atoms with Crippen molar-refractivity contribution in [1.29, 1.82) is 0 Å². The van der Waals surface area contributed by atoms with Crippen LogP contribution >= 0.6 is 0 Å². The second-order valence-electron chi connectivity index (χ2n) is 5.19. The Bertz CT molecular complexity index is 609. The van der Waals surface area contributed by atoms with E-state index in [0.29, 0.717) is 24.3 Å². The van der Waals surface area contributed by atoms with Crippen LogP contribution in [0.2, 0.25) is 0 Å². The molecule has 2 aromatic rings. The molecule has 123 valence electrons. The first kappa shape index (κ1) is 17.8. The molecular formula is C18H21F2O2Si. The summed E-state index contributed by atoms with van der Waals surface area (Å²) in [4.78, 5) is 0. The normalized spacial score (nSPS) is 11.2. The highest BCUT2D eigenvalue weighted by molar-refractivity contribution is 6.61. The number of hydrogen-bond donors (Lipinski definition) is 0. The van der Waals surface area contributed by atoms with Crippen molar-refractivity contribution in [2.45, 2.75) is 26.7 Å². The van der Waals surface area contributed by atoms with Gasteiger partial charge in [0.2, 0.25) is 0 Å². The highest BCUT2D eigenvalue weighted by Crippen LogP contribution is 2.22. The van der Waals surface area contributed by atoms with E-state index < -0.39 is 20.9 Å². The highest BCUT2D eigenvalue weighted by Gasteiger charge is 2.19. The van der Waals surface area contributed by atoms with Crippen LogP contribution in [0.3, 0.4) is 0 Å². The summed E-state index contributed by atoms with van der Waals surface area (Å²) in [6, 6.07) is 11.0. The first-order chi connectivity index (χ1) is 11.2. The Balaban J connectivity index is 2.18. The third-order valence-corrected chi connectivity index (χ3v) is 4.97. The molecular weight excluding hydrogens is 314 g/mol. The van der Waals surface area contributed by atoms with Crippen molar-refractivity contribution in [2.75, 3.05) is 13.2 Å². The maximum Gasteiger partial charge on any atom is 0.423 e. The molecule has 0 heterocycles. The van der Waals surface area contributed by atoms with Crippen LogP contribution in [0.4, 0.5) is 8.78 Å². The van der Waals surface area contributed by atoms with Gasteiger partial charge in [0.1, 0.15) is 11.6 Å². The van der Waals surface area contributed by atoms with Gasteiger partial charge in [0.25, 0.3) is 0 Å². The molecule has 2 rings (SSSR count). The fourth-order valence-electron chi connectivity index (χ4n) is 2.11. The van der Waals surface area contributed by atoms with E-state index >= 15 is 0 Å². The van der Waals surface area contributed by atoms with E-state index in [-0.39, 0.29) is 0 Å². The molecule has 0 spiro atoms. The third-order valence-electron chi connectivity index (χ3n) is 3.24. The van der Waals surface area contributed by atoms with E-state index in [1.165, 1.54) is 12.1 Å². The monoisotopic (exact) mass is 335 g/mol. The molecule has 0 bridgehead atoms. The van der Waals surface area contributed by atoms with Crippen molar-refractivity contribution in [3.8, 4) is 11.1 Å². The fourth-order valence-corrected chi connectivity index (χ4v) is 3.74. The average molecular weight is 335 g/mol. The number of halogens is 2. The van der Waals surface area contributed by atoms with Gasteiger partial charge in [0, 0.05) is 24.8 Å². The van der Waals surface area contributed by atoms with Gasteiger partial charge < -0.3 is 8.85 Å². The Morgan fingerprint density at radius 2 is 1.48 bits per heavy atom. The molecule has 0 aliphatic heterocycles. The molecule has 5 heteroatoms. The molecule has 2 aromatic carbocycles. The predicted molar refractivity (Wildman–Crippen MR) is 89.7 cm³/mol. The van der Waals surface area contributed by atoms with Crippen molar-refractivity contribution in [2.24, 2.45) is 0 Å². The zero-order chi connectivity index (χ0) is 16.7. The molecule has 0 aliphatic rings. The topological polar surface area (TPSA) is 18.5 Å². The van der Waals surface area contributed by atoms with E-state index in [0.717, 1.165) is 24.1 Å². The van der Waals surface area contributed by atoms with E-state index in [4.69, 9.17) is 8.85 Å². The minimum Gasteiger partial charge on any atom is -0.390 e. The van der Waals surface area contributed by atoms with Crippen molar-refractivity contribution in [3.63, 3.8) is 0 Å². The lowest BCUT2D eigenvalue weighted by Gasteiger charge is -2.15. The quantitative estimate of drug-likeness (QED) is 0.674. The van der Waals surface area contributed by atoms with E-state index in [2.05, 4.69) is 13.8 Å². The van der Waals surface area contributed by atoms with Crippen molar-refractivity contribution >= 4 is 14.5 Å². The van der Waals surface area contributed by atoms with Crippen LogP contribution in [0.5, 0.6) is 0 Å². The van der Waals surface area contributed by atoms with Gasteiger partial charge in [0.05, 0.1) is 0 Å². The van der Waals surface area contributed by atoms with Crippen LogP contribution in [0.25, 0.3) is 11.1 Å². The van der Waals surface area contributed by atoms with Gasteiger partial charge in [-0.05, 0) is 35.7 Å². The van der Waals surface area contributed by atoms with Gasteiger partial charge in [0.15, 0.2) is 0 Å². The first-order valence-corrected chi connectivity index (χ1v) is 9.15. The molecule has 0 saturated carbocycles. The van der Waals surface area contributed by atoms with Gasteiger partial charge >= 0.3 is 9.28 Å². The second-order valence-corrected chi connectivity index (χ2v) is 6.92. The van der Waals surface area contributed by atoms with E-state index in [1.807, 2.05) is 24.3 Å². The van der Waals surface area contributed by atoms with Crippen molar-refractivity contribution in [1.82, 2.24) is 0 Å². The summed E-state index contributed by atoms with van der Waals surface area (Å²) >= 11 is 0. The Morgan fingerprint density at radius 1 is 0.870 bits per heavy atom. The zero-order valence-electron chi connectivity index (χ0n) is 13.4. The van der Waals surface area contributed by atoms with E-state index in [1.54, 1.807) is 0 Å². The summed E-state index contributed by atoms with van der Waals surface area (Å²) in [6.45, 7) is 5.43. The average Bonchev–Trinajstić information content (AvgIpc) is 2.55. The van der Waals surface area contributed by atoms with Gasteiger partial charge in [-0.2, -0.15) is 0 Å². The lowest BCUT2D eigenvalue weighted by Crippen LogP contribution is -2.37. The fraction of sp³-hybridized carbons (Fsp3) is 0.333. The van der Waals surface area contributed by atoms with Crippen LogP contribution < -0.4 is 5.19 Å². The minimum absolute atomic E-state index is 0.385. The van der Waals surface area contributed by atoms with Gasteiger partial charge in [-0.25, -0.2) is 8.78 Å². The second kappa shape index (κ2) is 8.91. The Labute approximate surface area is 137 Å². The smallest absolute Gasteiger partial charge is 0.390 e. The van der Waals surface area contributed by atoms with Crippen LogP contribution in [-0.2, 0) is 8.85 Å².